The monoisotopic (exact) mass is 474 g/mol. The molecule has 3 N–H and O–H groups in total. The average molecular weight is 475 g/mol. The Morgan fingerprint density at radius 3 is 2.57 bits per heavy atom. The molecular formula is C25H30N8O2. The number of nitrogens with two attached hydrogens (primary N) is 1. The molecule has 0 bridgehead atoms. The number of nitrogens with one attached hydrogen (secondary N) is 1. The molecule has 0 unspecified atom stereocenters. The molecule has 0 atom stereocenters. The number of anilines is 1. The summed E-state index contributed by atoms with van der Waals surface area (Å²) < 4.78 is 6.17. The lowest BCUT2D eigenvalue weighted by atomic mass is 9.76. The van der Waals surface area contributed by atoms with E-state index in [1.165, 1.54) is 5.56 Å². The minimum atomic E-state index is -0.645. The quantitative estimate of drug-likeness (QED) is 0.551. The van der Waals surface area contributed by atoms with Crippen LogP contribution >= 0.6 is 0 Å². The van der Waals surface area contributed by atoms with Crippen LogP contribution < -0.4 is 10.5 Å². The lowest BCUT2D eigenvalue weighted by molar-refractivity contribution is -0.119. The number of aliphatic imine (C=N–C) groups is 1. The molecule has 1 aliphatic carbocycles. The number of benzene rings is 1. The van der Waals surface area contributed by atoms with Crippen molar-refractivity contribution in [2.75, 3.05) is 5.73 Å². The van der Waals surface area contributed by atoms with Crippen LogP contribution in [0.15, 0.2) is 29.3 Å². The minimum Gasteiger partial charge on any atom is -0.463 e. The van der Waals surface area contributed by atoms with E-state index in [2.05, 4.69) is 54.9 Å². The fraction of sp³-hybridized carbons (Fsp3) is 0.480. The molecule has 0 saturated heterocycles. The zero-order valence-electron chi connectivity index (χ0n) is 20.3. The molecule has 10 heteroatoms. The molecular weight excluding hydrogens is 444 g/mol. The number of aromatic amines is 1. The van der Waals surface area contributed by atoms with Crippen LogP contribution in [-0.4, -0.2) is 47.7 Å². The first-order valence-electron chi connectivity index (χ1n) is 12.0. The van der Waals surface area contributed by atoms with Gasteiger partial charge in [0, 0.05) is 12.0 Å². The van der Waals surface area contributed by atoms with Gasteiger partial charge in [0.2, 0.25) is 5.88 Å². The van der Waals surface area contributed by atoms with Crippen molar-refractivity contribution < 1.29 is 9.53 Å². The summed E-state index contributed by atoms with van der Waals surface area (Å²) in [6, 6.07) is 8.59. The van der Waals surface area contributed by atoms with E-state index in [1.54, 1.807) is 6.92 Å². The summed E-state index contributed by atoms with van der Waals surface area (Å²) in [7, 11) is 0. The second-order valence-electron chi connectivity index (χ2n) is 9.97. The highest BCUT2D eigenvalue weighted by molar-refractivity contribution is 6.09. The van der Waals surface area contributed by atoms with Gasteiger partial charge in [0.05, 0.1) is 12.1 Å². The summed E-state index contributed by atoms with van der Waals surface area (Å²) in [5.41, 5.74) is 9.05. The first-order chi connectivity index (χ1) is 16.8. The van der Waals surface area contributed by atoms with E-state index in [1.807, 2.05) is 13.8 Å². The third-order valence-corrected chi connectivity index (χ3v) is 6.90. The lowest BCUT2D eigenvalue weighted by Gasteiger charge is -2.32. The molecule has 10 nitrogen and oxygen atoms in total. The normalized spacial score (nSPS) is 21.1. The number of hydrogen-bond donors (Lipinski definition) is 2. The maximum absolute atomic E-state index is 12.3. The molecule has 0 amide bonds. The number of nitrogen functional groups attached to an aromatic ring is 1. The van der Waals surface area contributed by atoms with E-state index >= 15 is 0 Å². The number of hydrogen-bond acceptors (Lipinski definition) is 9. The van der Waals surface area contributed by atoms with E-state index in [4.69, 9.17) is 15.5 Å². The van der Waals surface area contributed by atoms with Crippen molar-refractivity contribution in [3.8, 4) is 5.88 Å². The SMILES string of the molecule is Cc1nc(N)c2c(n1)OC(C)(C)C(c1ccc(C3CCC(CC(=O)Cc4nn[nH]n4)CC3)cc1)=N2. The second-order valence-corrected chi connectivity index (χ2v) is 9.97. The second kappa shape index (κ2) is 9.16. The maximum atomic E-state index is 12.3. The number of aryl methyl sites for hydroxylation is 1. The van der Waals surface area contributed by atoms with Crippen LogP contribution in [0.25, 0.3) is 0 Å². The van der Waals surface area contributed by atoms with Gasteiger partial charge in [0.1, 0.15) is 17.2 Å². The molecule has 2 aromatic heterocycles. The van der Waals surface area contributed by atoms with Crippen molar-refractivity contribution in [2.45, 2.75) is 70.8 Å². The number of aromatic nitrogens is 6. The van der Waals surface area contributed by atoms with Gasteiger partial charge in [0.25, 0.3) is 0 Å². The smallest absolute Gasteiger partial charge is 0.246 e. The lowest BCUT2D eigenvalue weighted by Crippen LogP contribution is -2.41. The van der Waals surface area contributed by atoms with Gasteiger partial charge in [0.15, 0.2) is 17.3 Å². The van der Waals surface area contributed by atoms with Crippen LogP contribution in [0.3, 0.4) is 0 Å². The van der Waals surface area contributed by atoms with Crippen LogP contribution in [0.2, 0.25) is 0 Å². The molecule has 0 spiro atoms. The number of ether oxygens (including phenoxy) is 1. The van der Waals surface area contributed by atoms with Gasteiger partial charge in [-0.25, -0.2) is 9.98 Å². The highest BCUT2D eigenvalue weighted by Crippen LogP contribution is 2.40. The van der Waals surface area contributed by atoms with Gasteiger partial charge in [-0.1, -0.05) is 29.5 Å². The molecule has 35 heavy (non-hydrogen) atoms. The van der Waals surface area contributed by atoms with Crippen molar-refractivity contribution in [1.82, 2.24) is 30.6 Å². The Kier molecular flexibility index (Phi) is 6.04. The fourth-order valence-corrected chi connectivity index (χ4v) is 5.13. The third-order valence-electron chi connectivity index (χ3n) is 6.90. The van der Waals surface area contributed by atoms with Crippen molar-refractivity contribution in [3.05, 3.63) is 47.0 Å². The Labute approximate surface area is 203 Å². The first kappa shape index (κ1) is 23.1. The molecule has 1 saturated carbocycles. The van der Waals surface area contributed by atoms with Crippen molar-refractivity contribution in [2.24, 2.45) is 10.9 Å². The van der Waals surface area contributed by atoms with E-state index < -0.39 is 5.60 Å². The molecule has 1 aromatic carbocycles. The minimum absolute atomic E-state index is 0.181. The first-order valence-corrected chi connectivity index (χ1v) is 12.0. The van der Waals surface area contributed by atoms with E-state index in [-0.39, 0.29) is 12.2 Å². The highest BCUT2D eigenvalue weighted by Gasteiger charge is 2.35. The van der Waals surface area contributed by atoms with Gasteiger partial charge >= 0.3 is 0 Å². The number of nitrogens with zero attached hydrogens (tertiary/aromatic N) is 6. The van der Waals surface area contributed by atoms with Gasteiger partial charge in [-0.2, -0.15) is 10.2 Å². The Hall–Kier alpha value is -3.69. The zero-order valence-corrected chi connectivity index (χ0v) is 20.3. The van der Waals surface area contributed by atoms with E-state index in [0.717, 1.165) is 37.0 Å². The molecule has 3 aromatic rings. The molecule has 3 heterocycles. The predicted molar refractivity (Wildman–Crippen MR) is 131 cm³/mol. The summed E-state index contributed by atoms with van der Waals surface area (Å²) in [5.74, 6) is 2.88. The Morgan fingerprint density at radius 1 is 1.14 bits per heavy atom. The number of Topliss-reactive ketones (excluding diaryl/α,β-unsaturated/α-hetero) is 1. The van der Waals surface area contributed by atoms with Crippen LogP contribution in [0.1, 0.15) is 74.6 Å². The average Bonchev–Trinajstić information content (AvgIpc) is 3.31. The number of fused-ring (bicyclic) bond motifs is 1. The van der Waals surface area contributed by atoms with Gasteiger partial charge in [-0.15, -0.1) is 10.2 Å². The molecule has 1 fully saturated rings. The third kappa shape index (κ3) is 4.91. The molecule has 2 aliphatic rings. The van der Waals surface area contributed by atoms with Crippen LogP contribution in [0, 0.1) is 12.8 Å². The van der Waals surface area contributed by atoms with Crippen molar-refractivity contribution in [1.29, 1.82) is 0 Å². The summed E-state index contributed by atoms with van der Waals surface area (Å²) in [5, 5.41) is 13.7. The van der Waals surface area contributed by atoms with E-state index in [9.17, 15) is 4.79 Å². The summed E-state index contributed by atoms with van der Waals surface area (Å²) in [6.45, 7) is 5.75. The largest absolute Gasteiger partial charge is 0.463 e. The number of ketones is 1. The Balaban J connectivity index is 1.24. The van der Waals surface area contributed by atoms with Gasteiger partial charge in [-0.05, 0) is 63.9 Å². The Morgan fingerprint density at radius 2 is 1.89 bits per heavy atom. The summed E-state index contributed by atoms with van der Waals surface area (Å²) >= 11 is 0. The Bertz CT molecular complexity index is 1240. The fourth-order valence-electron chi connectivity index (χ4n) is 5.13. The maximum Gasteiger partial charge on any atom is 0.246 e. The summed E-state index contributed by atoms with van der Waals surface area (Å²) in [6.07, 6.45) is 5.10. The van der Waals surface area contributed by atoms with Crippen LogP contribution in [-0.2, 0) is 11.2 Å². The van der Waals surface area contributed by atoms with E-state index in [0.29, 0.717) is 47.3 Å². The molecule has 0 radical (unpaired) electrons. The number of H-pyrrole nitrogens is 1. The topological polar surface area (TPSA) is 145 Å². The summed E-state index contributed by atoms with van der Waals surface area (Å²) in [4.78, 5) is 25.7. The van der Waals surface area contributed by atoms with Crippen molar-refractivity contribution >= 4 is 23.0 Å². The van der Waals surface area contributed by atoms with Gasteiger partial charge < -0.3 is 10.5 Å². The number of tetrazole rings is 1. The number of carbonyl (C=O) groups is 1. The van der Waals surface area contributed by atoms with Crippen LogP contribution in [0.4, 0.5) is 11.5 Å². The molecule has 1 aliphatic heterocycles. The number of carbonyl (C=O) groups excluding carboxylic acids is 1. The van der Waals surface area contributed by atoms with Crippen LogP contribution in [0.5, 0.6) is 5.88 Å². The number of rotatable bonds is 6. The predicted octanol–water partition coefficient (Wildman–Crippen LogP) is 3.65. The van der Waals surface area contributed by atoms with Gasteiger partial charge in [-0.3, -0.25) is 4.79 Å². The molecule has 5 rings (SSSR count). The van der Waals surface area contributed by atoms with Crippen molar-refractivity contribution in [3.63, 3.8) is 0 Å². The zero-order chi connectivity index (χ0) is 24.6. The molecule has 182 valence electrons. The standard InChI is InChI=1S/C25H30N8O2/c1-14-27-23(26)21-24(28-14)35-25(2,3)22(29-21)18-10-8-17(9-11-18)16-6-4-15(5-7-16)12-19(34)13-20-30-32-33-31-20/h8-11,15-16H,4-7,12-13H2,1-3H3,(H2,26,27,28)(H,30,31,32,33). The highest BCUT2D eigenvalue weighted by atomic mass is 16.5.